The van der Waals surface area contributed by atoms with Crippen LogP contribution in [0.2, 0.25) is 0 Å². The van der Waals surface area contributed by atoms with E-state index in [0.717, 1.165) is 16.7 Å². The van der Waals surface area contributed by atoms with Crippen LogP contribution >= 0.6 is 0 Å². The van der Waals surface area contributed by atoms with E-state index in [4.69, 9.17) is 4.74 Å². The number of rotatable bonds is 6. The van der Waals surface area contributed by atoms with Crippen molar-refractivity contribution in [1.29, 1.82) is 0 Å². The molecule has 0 aliphatic rings. The Morgan fingerprint density at radius 1 is 0.581 bits per heavy atom. The summed E-state index contributed by atoms with van der Waals surface area (Å²) in [5.74, 6) is -1.71. The van der Waals surface area contributed by atoms with Gasteiger partial charge in [-0.15, -0.1) is 0 Å². The molecule has 0 amide bonds. The molecular formula is C27H20O4. The second kappa shape index (κ2) is 8.67. The van der Waals surface area contributed by atoms with Crippen molar-refractivity contribution in [2.45, 2.75) is 5.60 Å². The zero-order valence-electron chi connectivity index (χ0n) is 16.6. The van der Waals surface area contributed by atoms with E-state index in [2.05, 4.69) is 0 Å². The molecule has 0 fully saturated rings. The Hall–Kier alpha value is -4.18. The highest BCUT2D eigenvalue weighted by atomic mass is 16.6. The molecule has 4 aromatic rings. The molecule has 0 saturated carbocycles. The molecular weight excluding hydrogens is 388 g/mol. The van der Waals surface area contributed by atoms with Gasteiger partial charge in [-0.05, 0) is 18.2 Å². The summed E-state index contributed by atoms with van der Waals surface area (Å²) in [7, 11) is 0. The van der Waals surface area contributed by atoms with Crippen LogP contribution < -0.4 is 0 Å². The molecule has 0 unspecified atom stereocenters. The van der Waals surface area contributed by atoms with Crippen LogP contribution in [-0.2, 0) is 10.3 Å². The van der Waals surface area contributed by atoms with Gasteiger partial charge in [0.2, 0.25) is 0 Å². The van der Waals surface area contributed by atoms with Gasteiger partial charge >= 0.3 is 11.9 Å². The van der Waals surface area contributed by atoms with Crippen molar-refractivity contribution in [2.24, 2.45) is 0 Å². The van der Waals surface area contributed by atoms with Crippen LogP contribution in [0.3, 0.4) is 0 Å². The Kier molecular flexibility index (Phi) is 5.63. The summed E-state index contributed by atoms with van der Waals surface area (Å²) in [6.45, 7) is 0. The topological polar surface area (TPSA) is 63.6 Å². The van der Waals surface area contributed by atoms with Gasteiger partial charge in [-0.3, -0.25) is 0 Å². The SMILES string of the molecule is O=C(O)c1cccc(C(=O)OC(c2ccccc2)(c2ccccc2)c2ccccc2)c1. The molecule has 4 aromatic carbocycles. The van der Waals surface area contributed by atoms with Crippen LogP contribution in [0.5, 0.6) is 0 Å². The third-order valence-electron chi connectivity index (χ3n) is 5.13. The Morgan fingerprint density at radius 2 is 1.00 bits per heavy atom. The molecule has 0 saturated heterocycles. The predicted molar refractivity (Wildman–Crippen MR) is 118 cm³/mol. The predicted octanol–water partition coefficient (Wildman–Crippen LogP) is 5.53. The lowest BCUT2D eigenvalue weighted by atomic mass is 9.80. The smallest absolute Gasteiger partial charge is 0.339 e. The number of benzene rings is 4. The first-order valence-corrected chi connectivity index (χ1v) is 9.84. The second-order valence-electron chi connectivity index (χ2n) is 7.05. The van der Waals surface area contributed by atoms with Crippen molar-refractivity contribution in [3.8, 4) is 0 Å². The van der Waals surface area contributed by atoms with Crippen molar-refractivity contribution in [3.05, 3.63) is 143 Å². The van der Waals surface area contributed by atoms with Crippen molar-refractivity contribution >= 4 is 11.9 Å². The Labute approximate surface area is 180 Å². The second-order valence-corrected chi connectivity index (χ2v) is 7.05. The molecule has 152 valence electrons. The standard InChI is InChI=1S/C27H20O4/c28-25(29)20-11-10-12-21(19-20)26(30)31-27(22-13-4-1-5-14-22,23-15-6-2-7-16-23)24-17-8-3-9-18-24/h1-19H,(H,28,29). The Balaban J connectivity index is 1.91. The van der Waals surface area contributed by atoms with Crippen LogP contribution in [-0.4, -0.2) is 17.0 Å². The average Bonchev–Trinajstić information content (AvgIpc) is 2.84. The number of aromatic carboxylic acids is 1. The highest BCUT2D eigenvalue weighted by Crippen LogP contribution is 2.41. The maximum Gasteiger partial charge on any atom is 0.339 e. The first kappa shape index (κ1) is 20.1. The molecule has 0 heterocycles. The lowest BCUT2D eigenvalue weighted by Crippen LogP contribution is -2.35. The third kappa shape index (κ3) is 3.96. The molecule has 0 aliphatic heterocycles. The summed E-state index contributed by atoms with van der Waals surface area (Å²) < 4.78 is 6.29. The van der Waals surface area contributed by atoms with Gasteiger partial charge in [0.15, 0.2) is 5.60 Å². The summed E-state index contributed by atoms with van der Waals surface area (Å²) in [6.07, 6.45) is 0. The van der Waals surface area contributed by atoms with Crippen LogP contribution in [0, 0.1) is 0 Å². The van der Waals surface area contributed by atoms with Crippen LogP contribution in [0.1, 0.15) is 37.4 Å². The molecule has 31 heavy (non-hydrogen) atoms. The zero-order chi connectivity index (χ0) is 21.7. The molecule has 0 atom stereocenters. The molecule has 4 nitrogen and oxygen atoms in total. The molecule has 4 rings (SSSR count). The maximum atomic E-state index is 13.3. The lowest BCUT2D eigenvalue weighted by Gasteiger charge is -2.35. The zero-order valence-corrected chi connectivity index (χ0v) is 16.6. The molecule has 0 radical (unpaired) electrons. The minimum atomic E-state index is -1.21. The van der Waals surface area contributed by atoms with Gasteiger partial charge in [0, 0.05) is 16.7 Å². The first-order chi connectivity index (χ1) is 15.1. The molecule has 0 aliphatic carbocycles. The summed E-state index contributed by atoms with van der Waals surface area (Å²) >= 11 is 0. The van der Waals surface area contributed by atoms with Crippen molar-refractivity contribution in [1.82, 2.24) is 0 Å². The first-order valence-electron chi connectivity index (χ1n) is 9.84. The molecule has 4 heteroatoms. The van der Waals surface area contributed by atoms with Crippen molar-refractivity contribution < 1.29 is 19.4 Å². The molecule has 1 N–H and O–H groups in total. The molecule has 0 bridgehead atoms. The third-order valence-corrected chi connectivity index (χ3v) is 5.13. The van der Waals surface area contributed by atoms with Crippen LogP contribution in [0.4, 0.5) is 0 Å². The van der Waals surface area contributed by atoms with Gasteiger partial charge in [0.1, 0.15) is 0 Å². The summed E-state index contributed by atoms with van der Waals surface area (Å²) in [6, 6.07) is 34.5. The van der Waals surface area contributed by atoms with Gasteiger partial charge in [0.25, 0.3) is 0 Å². The van der Waals surface area contributed by atoms with E-state index >= 15 is 0 Å². The van der Waals surface area contributed by atoms with Crippen LogP contribution in [0.25, 0.3) is 0 Å². The molecule has 0 aromatic heterocycles. The number of hydrogen-bond donors (Lipinski definition) is 1. The van der Waals surface area contributed by atoms with Crippen molar-refractivity contribution in [3.63, 3.8) is 0 Å². The van der Waals surface area contributed by atoms with E-state index in [1.807, 2.05) is 91.0 Å². The maximum absolute atomic E-state index is 13.3. The summed E-state index contributed by atoms with van der Waals surface area (Å²) in [5.41, 5.74) is 1.35. The van der Waals surface area contributed by atoms with Gasteiger partial charge in [0.05, 0.1) is 11.1 Å². The van der Waals surface area contributed by atoms with Crippen LogP contribution in [0.15, 0.2) is 115 Å². The number of esters is 1. The largest absolute Gasteiger partial charge is 0.478 e. The van der Waals surface area contributed by atoms with E-state index in [1.165, 1.54) is 18.2 Å². The fourth-order valence-corrected chi connectivity index (χ4v) is 3.67. The van der Waals surface area contributed by atoms with E-state index < -0.39 is 17.5 Å². The monoisotopic (exact) mass is 408 g/mol. The normalized spacial score (nSPS) is 11.0. The van der Waals surface area contributed by atoms with Crippen molar-refractivity contribution in [2.75, 3.05) is 0 Å². The Bertz CT molecular complexity index is 1090. The van der Waals surface area contributed by atoms with E-state index in [1.54, 1.807) is 6.07 Å². The lowest BCUT2D eigenvalue weighted by molar-refractivity contribution is 0.0141. The molecule has 0 spiro atoms. The number of carbonyl (C=O) groups is 2. The fourth-order valence-electron chi connectivity index (χ4n) is 3.67. The summed E-state index contributed by atoms with van der Waals surface area (Å²) in [4.78, 5) is 24.7. The fraction of sp³-hybridized carbons (Fsp3) is 0.0370. The van der Waals surface area contributed by atoms with Gasteiger partial charge in [-0.1, -0.05) is 97.1 Å². The number of carboxylic acid groups (broad SMARTS) is 1. The summed E-state index contributed by atoms with van der Waals surface area (Å²) in [5, 5.41) is 9.31. The van der Waals surface area contributed by atoms with E-state index in [-0.39, 0.29) is 11.1 Å². The quantitative estimate of drug-likeness (QED) is 0.336. The highest BCUT2D eigenvalue weighted by Gasteiger charge is 2.40. The highest BCUT2D eigenvalue weighted by molar-refractivity contribution is 5.95. The minimum absolute atomic E-state index is 0.0270. The number of ether oxygens (including phenoxy) is 1. The van der Waals surface area contributed by atoms with E-state index in [9.17, 15) is 14.7 Å². The Morgan fingerprint density at radius 3 is 1.42 bits per heavy atom. The van der Waals surface area contributed by atoms with Gasteiger partial charge in [-0.2, -0.15) is 0 Å². The van der Waals surface area contributed by atoms with E-state index in [0.29, 0.717) is 0 Å². The van der Waals surface area contributed by atoms with Gasteiger partial charge < -0.3 is 9.84 Å². The number of hydrogen-bond acceptors (Lipinski definition) is 3. The number of carbonyl (C=O) groups excluding carboxylic acids is 1. The minimum Gasteiger partial charge on any atom is -0.478 e. The average molecular weight is 408 g/mol. The number of carboxylic acids is 1. The van der Waals surface area contributed by atoms with Gasteiger partial charge in [-0.25, -0.2) is 9.59 Å².